The van der Waals surface area contributed by atoms with Crippen LogP contribution in [0, 0.1) is 0 Å². The first-order chi connectivity index (χ1) is 8.91. The fourth-order valence-corrected chi connectivity index (χ4v) is 2.79. The van der Waals surface area contributed by atoms with E-state index in [9.17, 15) is 4.79 Å². The first kappa shape index (κ1) is 14.1. The standard InChI is InChI=1S/C14H24N4O/c1-10(2)18-9-6-12(15-18)14(19)17-8-7-13(11(17)3)16(4)5/h6,9-11,13H,7-8H2,1-5H3/t11-,13+/m1/s1. The molecule has 0 saturated carbocycles. The normalized spacial score (nSPS) is 23.6. The highest BCUT2D eigenvalue weighted by atomic mass is 16.2. The average Bonchev–Trinajstić information content (AvgIpc) is 2.94. The lowest BCUT2D eigenvalue weighted by molar-refractivity contribution is 0.0713. The predicted octanol–water partition coefficient (Wildman–Crippen LogP) is 1.63. The van der Waals surface area contributed by atoms with Gasteiger partial charge in [-0.2, -0.15) is 5.10 Å². The highest BCUT2D eigenvalue weighted by Gasteiger charge is 2.35. The van der Waals surface area contributed by atoms with Gasteiger partial charge < -0.3 is 9.80 Å². The molecule has 1 aliphatic rings. The van der Waals surface area contributed by atoms with Crippen LogP contribution in [0.4, 0.5) is 0 Å². The number of hydrogen-bond acceptors (Lipinski definition) is 3. The predicted molar refractivity (Wildman–Crippen MR) is 75.2 cm³/mol. The summed E-state index contributed by atoms with van der Waals surface area (Å²) in [6, 6.07) is 2.79. The average molecular weight is 264 g/mol. The van der Waals surface area contributed by atoms with Crippen LogP contribution in [0.5, 0.6) is 0 Å². The highest BCUT2D eigenvalue weighted by molar-refractivity contribution is 5.92. The molecule has 1 aromatic rings. The summed E-state index contributed by atoms with van der Waals surface area (Å²) in [5, 5.41) is 4.37. The van der Waals surface area contributed by atoms with Crippen molar-refractivity contribution in [3.05, 3.63) is 18.0 Å². The lowest BCUT2D eigenvalue weighted by Gasteiger charge is -2.27. The maximum absolute atomic E-state index is 12.5. The Kier molecular flexibility index (Phi) is 3.94. The molecule has 1 saturated heterocycles. The summed E-state index contributed by atoms with van der Waals surface area (Å²) < 4.78 is 1.83. The van der Waals surface area contributed by atoms with Crippen molar-refractivity contribution in [2.45, 2.75) is 45.3 Å². The molecular formula is C14H24N4O. The number of likely N-dealkylation sites (N-methyl/N-ethyl adjacent to an activating group) is 1. The largest absolute Gasteiger partial charge is 0.333 e. The zero-order valence-electron chi connectivity index (χ0n) is 12.5. The van der Waals surface area contributed by atoms with E-state index in [4.69, 9.17) is 0 Å². The Bertz CT molecular complexity index is 452. The van der Waals surface area contributed by atoms with Gasteiger partial charge in [-0.15, -0.1) is 0 Å². The maximum atomic E-state index is 12.5. The molecule has 0 spiro atoms. The van der Waals surface area contributed by atoms with Crippen molar-refractivity contribution < 1.29 is 4.79 Å². The Morgan fingerprint density at radius 2 is 2.16 bits per heavy atom. The molecule has 2 rings (SSSR count). The van der Waals surface area contributed by atoms with Gasteiger partial charge in [0.25, 0.3) is 5.91 Å². The summed E-state index contributed by atoms with van der Waals surface area (Å²) in [7, 11) is 4.14. The molecule has 2 heterocycles. The van der Waals surface area contributed by atoms with Crippen LogP contribution >= 0.6 is 0 Å². The first-order valence-electron chi connectivity index (χ1n) is 6.94. The van der Waals surface area contributed by atoms with E-state index in [0.717, 1.165) is 13.0 Å². The Labute approximate surface area is 115 Å². The number of carbonyl (C=O) groups is 1. The van der Waals surface area contributed by atoms with E-state index in [1.807, 2.05) is 21.8 Å². The molecule has 5 nitrogen and oxygen atoms in total. The Morgan fingerprint density at radius 3 is 2.63 bits per heavy atom. The third kappa shape index (κ3) is 2.66. The van der Waals surface area contributed by atoms with Gasteiger partial charge in [0.2, 0.25) is 0 Å². The van der Waals surface area contributed by atoms with E-state index in [1.54, 1.807) is 0 Å². The van der Waals surface area contributed by atoms with Gasteiger partial charge in [-0.05, 0) is 47.4 Å². The van der Waals surface area contributed by atoms with E-state index in [0.29, 0.717) is 11.7 Å². The molecule has 1 aliphatic heterocycles. The lowest BCUT2D eigenvalue weighted by atomic mass is 10.1. The van der Waals surface area contributed by atoms with Crippen molar-refractivity contribution in [1.29, 1.82) is 0 Å². The van der Waals surface area contributed by atoms with E-state index < -0.39 is 0 Å². The Balaban J connectivity index is 2.12. The summed E-state index contributed by atoms with van der Waals surface area (Å²) in [6.45, 7) is 7.05. The van der Waals surface area contributed by atoms with Crippen LogP contribution in [-0.2, 0) is 0 Å². The van der Waals surface area contributed by atoms with E-state index in [1.165, 1.54) is 0 Å². The van der Waals surface area contributed by atoms with Gasteiger partial charge in [0.05, 0.1) is 0 Å². The fourth-order valence-electron chi connectivity index (χ4n) is 2.79. The molecule has 0 N–H and O–H groups in total. The lowest BCUT2D eigenvalue weighted by Crippen LogP contribution is -2.42. The minimum absolute atomic E-state index is 0.0521. The van der Waals surface area contributed by atoms with Crippen molar-refractivity contribution in [2.24, 2.45) is 0 Å². The maximum Gasteiger partial charge on any atom is 0.274 e. The third-order valence-corrected chi connectivity index (χ3v) is 3.99. The second-order valence-corrected chi connectivity index (χ2v) is 5.83. The topological polar surface area (TPSA) is 41.4 Å². The van der Waals surface area contributed by atoms with Crippen molar-refractivity contribution in [1.82, 2.24) is 19.6 Å². The first-order valence-corrected chi connectivity index (χ1v) is 6.94. The molecule has 0 aromatic carbocycles. The van der Waals surface area contributed by atoms with Crippen LogP contribution in [0.3, 0.4) is 0 Å². The number of aromatic nitrogens is 2. The van der Waals surface area contributed by atoms with Gasteiger partial charge in [-0.1, -0.05) is 0 Å². The molecular weight excluding hydrogens is 240 g/mol. The monoisotopic (exact) mass is 264 g/mol. The summed E-state index contributed by atoms with van der Waals surface area (Å²) in [5.41, 5.74) is 0.556. The van der Waals surface area contributed by atoms with Gasteiger partial charge in [0.1, 0.15) is 5.69 Å². The van der Waals surface area contributed by atoms with Crippen LogP contribution in [0.25, 0.3) is 0 Å². The number of rotatable bonds is 3. The Hall–Kier alpha value is -1.36. The van der Waals surface area contributed by atoms with Gasteiger partial charge in [-0.25, -0.2) is 0 Å². The second-order valence-electron chi connectivity index (χ2n) is 5.83. The van der Waals surface area contributed by atoms with E-state index in [2.05, 4.69) is 44.9 Å². The Morgan fingerprint density at radius 1 is 1.47 bits per heavy atom. The fraction of sp³-hybridized carbons (Fsp3) is 0.714. The van der Waals surface area contributed by atoms with E-state index >= 15 is 0 Å². The summed E-state index contributed by atoms with van der Waals surface area (Å²) in [5.74, 6) is 0.0521. The number of nitrogens with zero attached hydrogens (tertiary/aromatic N) is 4. The zero-order valence-corrected chi connectivity index (χ0v) is 12.5. The zero-order chi connectivity index (χ0) is 14.2. The molecule has 0 aliphatic carbocycles. The van der Waals surface area contributed by atoms with Gasteiger partial charge in [-0.3, -0.25) is 9.48 Å². The molecule has 0 unspecified atom stereocenters. The van der Waals surface area contributed by atoms with Gasteiger partial charge >= 0.3 is 0 Å². The number of carbonyl (C=O) groups excluding carboxylic acids is 1. The van der Waals surface area contributed by atoms with Crippen molar-refractivity contribution in [2.75, 3.05) is 20.6 Å². The molecule has 1 amide bonds. The molecule has 1 fully saturated rings. The smallest absolute Gasteiger partial charge is 0.274 e. The molecule has 19 heavy (non-hydrogen) atoms. The van der Waals surface area contributed by atoms with Crippen molar-refractivity contribution in [3.8, 4) is 0 Å². The summed E-state index contributed by atoms with van der Waals surface area (Å²) in [6.07, 6.45) is 2.91. The minimum Gasteiger partial charge on any atom is -0.333 e. The summed E-state index contributed by atoms with van der Waals surface area (Å²) >= 11 is 0. The van der Waals surface area contributed by atoms with Crippen molar-refractivity contribution in [3.63, 3.8) is 0 Å². The molecule has 5 heteroatoms. The van der Waals surface area contributed by atoms with Crippen LogP contribution in [0.15, 0.2) is 12.3 Å². The summed E-state index contributed by atoms with van der Waals surface area (Å²) in [4.78, 5) is 16.6. The van der Waals surface area contributed by atoms with E-state index in [-0.39, 0.29) is 18.0 Å². The van der Waals surface area contributed by atoms with Gasteiger partial charge in [0.15, 0.2) is 0 Å². The van der Waals surface area contributed by atoms with Crippen LogP contribution in [0.1, 0.15) is 43.7 Å². The van der Waals surface area contributed by atoms with Crippen LogP contribution in [-0.4, -0.2) is 58.2 Å². The van der Waals surface area contributed by atoms with Crippen LogP contribution < -0.4 is 0 Å². The second kappa shape index (κ2) is 5.33. The van der Waals surface area contributed by atoms with Crippen LogP contribution in [0.2, 0.25) is 0 Å². The highest BCUT2D eigenvalue weighted by Crippen LogP contribution is 2.23. The molecule has 0 radical (unpaired) electrons. The number of likely N-dealkylation sites (tertiary alicyclic amines) is 1. The number of amides is 1. The van der Waals surface area contributed by atoms with Gasteiger partial charge in [0, 0.05) is 30.9 Å². The minimum atomic E-state index is 0.0521. The quantitative estimate of drug-likeness (QED) is 0.833. The molecule has 106 valence electrons. The molecule has 0 bridgehead atoms. The number of hydrogen-bond donors (Lipinski definition) is 0. The van der Waals surface area contributed by atoms with Crippen molar-refractivity contribution >= 4 is 5.91 Å². The molecule has 1 aromatic heterocycles. The molecule has 2 atom stereocenters. The SMILES string of the molecule is CC(C)n1ccc(C(=O)N2CC[C@H](N(C)C)[C@H]2C)n1. The third-order valence-electron chi connectivity index (χ3n) is 3.99.